The maximum absolute atomic E-state index is 10.8. The predicted molar refractivity (Wildman–Crippen MR) is 93.5 cm³/mol. The second kappa shape index (κ2) is 5.21. The van der Waals surface area contributed by atoms with Crippen molar-refractivity contribution in [3.63, 3.8) is 0 Å². The van der Waals surface area contributed by atoms with E-state index in [-0.39, 0.29) is 10.6 Å². The van der Waals surface area contributed by atoms with Crippen molar-refractivity contribution in [2.45, 2.75) is 0 Å². The number of fused-ring (bicyclic) bond motifs is 2. The van der Waals surface area contributed by atoms with Gasteiger partial charge in [-0.15, -0.1) is 0 Å². The van der Waals surface area contributed by atoms with Crippen molar-refractivity contribution in [2.75, 3.05) is 0 Å². The van der Waals surface area contributed by atoms with Gasteiger partial charge in [0.15, 0.2) is 0 Å². The van der Waals surface area contributed by atoms with Gasteiger partial charge in [-0.25, -0.2) is 0 Å². The highest BCUT2D eigenvalue weighted by Crippen LogP contribution is 2.32. The van der Waals surface area contributed by atoms with E-state index in [9.17, 15) is 10.1 Å². The van der Waals surface area contributed by atoms with Gasteiger partial charge < -0.3 is 0 Å². The van der Waals surface area contributed by atoms with Gasteiger partial charge in [-0.1, -0.05) is 42.5 Å². The van der Waals surface area contributed by atoms with Gasteiger partial charge in [0.25, 0.3) is 5.69 Å². The van der Waals surface area contributed by atoms with Gasteiger partial charge >= 0.3 is 0 Å². The lowest BCUT2D eigenvalue weighted by Crippen LogP contribution is -1.88. The molecule has 4 aromatic rings. The SMILES string of the molecule is O=[N+]([O-])c1ccc(-c2cccc3cc4ccccc4cc23)cc1. The van der Waals surface area contributed by atoms with E-state index in [2.05, 4.69) is 36.4 Å². The van der Waals surface area contributed by atoms with Crippen molar-refractivity contribution in [3.8, 4) is 11.1 Å². The van der Waals surface area contributed by atoms with Gasteiger partial charge in [-0.05, 0) is 56.9 Å². The molecule has 0 fully saturated rings. The molecule has 4 rings (SSSR count). The van der Waals surface area contributed by atoms with Crippen LogP contribution >= 0.6 is 0 Å². The molecule has 0 aliphatic rings. The first kappa shape index (κ1) is 13.5. The molecular formula is C20H13NO2. The third-order valence-electron chi connectivity index (χ3n) is 4.14. The summed E-state index contributed by atoms with van der Waals surface area (Å²) < 4.78 is 0. The molecule has 110 valence electrons. The predicted octanol–water partition coefficient (Wildman–Crippen LogP) is 5.57. The number of nitrogens with zero attached hydrogens (tertiary/aromatic N) is 1. The lowest BCUT2D eigenvalue weighted by molar-refractivity contribution is -0.384. The molecule has 0 saturated heterocycles. The van der Waals surface area contributed by atoms with E-state index < -0.39 is 0 Å². The fourth-order valence-corrected chi connectivity index (χ4v) is 2.98. The van der Waals surface area contributed by atoms with Crippen LogP contribution in [-0.2, 0) is 0 Å². The molecule has 0 saturated carbocycles. The van der Waals surface area contributed by atoms with Crippen molar-refractivity contribution >= 4 is 27.2 Å². The second-order valence-electron chi connectivity index (χ2n) is 5.53. The Morgan fingerprint density at radius 3 is 2.04 bits per heavy atom. The normalized spacial score (nSPS) is 11.0. The first-order valence-corrected chi connectivity index (χ1v) is 7.39. The largest absolute Gasteiger partial charge is 0.269 e. The Kier molecular flexibility index (Phi) is 3.05. The van der Waals surface area contributed by atoms with Gasteiger partial charge in [0.1, 0.15) is 0 Å². The van der Waals surface area contributed by atoms with Crippen LogP contribution in [0.1, 0.15) is 0 Å². The zero-order valence-corrected chi connectivity index (χ0v) is 12.3. The van der Waals surface area contributed by atoms with Crippen LogP contribution in [0.5, 0.6) is 0 Å². The lowest BCUT2D eigenvalue weighted by Gasteiger charge is -2.09. The Morgan fingerprint density at radius 2 is 1.35 bits per heavy atom. The molecular weight excluding hydrogens is 286 g/mol. The van der Waals surface area contributed by atoms with Gasteiger partial charge in [-0.3, -0.25) is 10.1 Å². The zero-order chi connectivity index (χ0) is 15.8. The maximum Gasteiger partial charge on any atom is 0.269 e. The highest BCUT2D eigenvalue weighted by atomic mass is 16.6. The minimum Gasteiger partial charge on any atom is -0.258 e. The van der Waals surface area contributed by atoms with Crippen LogP contribution in [0.4, 0.5) is 5.69 Å². The van der Waals surface area contributed by atoms with Crippen LogP contribution < -0.4 is 0 Å². The van der Waals surface area contributed by atoms with Crippen LogP contribution in [0.2, 0.25) is 0 Å². The van der Waals surface area contributed by atoms with E-state index in [1.807, 2.05) is 30.3 Å². The monoisotopic (exact) mass is 299 g/mol. The van der Waals surface area contributed by atoms with Crippen molar-refractivity contribution in [1.29, 1.82) is 0 Å². The quantitative estimate of drug-likeness (QED) is 0.276. The van der Waals surface area contributed by atoms with Crippen molar-refractivity contribution in [1.82, 2.24) is 0 Å². The van der Waals surface area contributed by atoms with Gasteiger partial charge in [0.2, 0.25) is 0 Å². The molecule has 4 aromatic carbocycles. The fourth-order valence-electron chi connectivity index (χ4n) is 2.98. The Hall–Kier alpha value is -3.20. The summed E-state index contributed by atoms with van der Waals surface area (Å²) in [5, 5.41) is 15.5. The average molecular weight is 299 g/mol. The van der Waals surface area contributed by atoms with Crippen molar-refractivity contribution in [2.24, 2.45) is 0 Å². The Morgan fingerprint density at radius 1 is 0.696 bits per heavy atom. The summed E-state index contributed by atoms with van der Waals surface area (Å²) >= 11 is 0. The van der Waals surface area contributed by atoms with Crippen LogP contribution in [0.25, 0.3) is 32.7 Å². The second-order valence-corrected chi connectivity index (χ2v) is 5.53. The van der Waals surface area contributed by atoms with Crippen LogP contribution in [0.15, 0.2) is 78.9 Å². The summed E-state index contributed by atoms with van der Waals surface area (Å²) in [5.74, 6) is 0. The van der Waals surface area contributed by atoms with Crippen LogP contribution in [0, 0.1) is 10.1 Å². The summed E-state index contributed by atoms with van der Waals surface area (Å²) in [6.45, 7) is 0. The maximum atomic E-state index is 10.8. The highest BCUT2D eigenvalue weighted by Gasteiger charge is 2.08. The van der Waals surface area contributed by atoms with Crippen molar-refractivity contribution in [3.05, 3.63) is 89.0 Å². The minimum absolute atomic E-state index is 0.111. The first-order chi connectivity index (χ1) is 11.2. The molecule has 0 N–H and O–H groups in total. The topological polar surface area (TPSA) is 43.1 Å². The van der Waals surface area contributed by atoms with E-state index in [1.165, 1.54) is 16.2 Å². The Labute approximate surface area is 133 Å². The van der Waals surface area contributed by atoms with E-state index in [0.29, 0.717) is 0 Å². The summed E-state index contributed by atoms with van der Waals surface area (Å²) in [6.07, 6.45) is 0. The van der Waals surface area contributed by atoms with Gasteiger partial charge in [0.05, 0.1) is 4.92 Å². The first-order valence-electron chi connectivity index (χ1n) is 7.39. The summed E-state index contributed by atoms with van der Waals surface area (Å²) in [4.78, 5) is 10.4. The average Bonchev–Trinajstić information content (AvgIpc) is 2.59. The van der Waals surface area contributed by atoms with Crippen LogP contribution in [-0.4, -0.2) is 4.92 Å². The molecule has 0 spiro atoms. The van der Waals surface area contributed by atoms with Gasteiger partial charge in [-0.2, -0.15) is 0 Å². The molecule has 0 aromatic heterocycles. The summed E-state index contributed by atoms with van der Waals surface area (Å²) in [5.41, 5.74) is 2.18. The number of hydrogen-bond donors (Lipinski definition) is 0. The number of nitro benzene ring substituents is 1. The molecule has 0 atom stereocenters. The number of non-ortho nitro benzene ring substituents is 1. The molecule has 0 heterocycles. The number of hydrogen-bond acceptors (Lipinski definition) is 2. The van der Waals surface area contributed by atoms with Crippen LogP contribution in [0.3, 0.4) is 0 Å². The molecule has 3 heteroatoms. The number of benzene rings is 4. The zero-order valence-electron chi connectivity index (χ0n) is 12.3. The molecule has 23 heavy (non-hydrogen) atoms. The Bertz CT molecular complexity index is 1040. The molecule has 0 aliphatic carbocycles. The minimum atomic E-state index is -0.375. The molecule has 0 radical (unpaired) electrons. The fraction of sp³-hybridized carbons (Fsp3) is 0. The molecule has 0 aliphatic heterocycles. The third kappa shape index (κ3) is 2.32. The van der Waals surface area contributed by atoms with E-state index in [4.69, 9.17) is 0 Å². The van der Waals surface area contributed by atoms with E-state index in [1.54, 1.807) is 12.1 Å². The smallest absolute Gasteiger partial charge is 0.258 e. The summed E-state index contributed by atoms with van der Waals surface area (Å²) in [7, 11) is 0. The van der Waals surface area contributed by atoms with E-state index >= 15 is 0 Å². The van der Waals surface area contributed by atoms with Crippen molar-refractivity contribution < 1.29 is 4.92 Å². The molecule has 0 bridgehead atoms. The van der Waals surface area contributed by atoms with E-state index in [0.717, 1.165) is 16.5 Å². The van der Waals surface area contributed by atoms with Gasteiger partial charge in [0, 0.05) is 12.1 Å². The molecule has 3 nitrogen and oxygen atoms in total. The molecule has 0 unspecified atom stereocenters. The number of rotatable bonds is 2. The highest BCUT2D eigenvalue weighted by molar-refractivity contribution is 6.04. The molecule has 0 amide bonds. The number of nitro groups is 1. The third-order valence-corrected chi connectivity index (χ3v) is 4.14. The Balaban J connectivity index is 1.95. The standard InChI is InChI=1S/C20H13NO2/c22-21(23)18-10-8-14(9-11-18)19-7-3-6-17-12-15-4-1-2-5-16(15)13-20(17)19/h1-13H. The summed E-state index contributed by atoms with van der Waals surface area (Å²) in [6, 6.07) is 25.5. The lowest BCUT2D eigenvalue weighted by atomic mass is 9.95.